The molecule has 0 aliphatic heterocycles. The molecule has 0 fully saturated rings. The van der Waals surface area contributed by atoms with Gasteiger partial charge in [-0.25, -0.2) is 9.97 Å². The normalized spacial score (nSPS) is 13.1. The quantitative estimate of drug-likeness (QED) is 0.565. The van der Waals surface area contributed by atoms with E-state index in [0.717, 1.165) is 0 Å². The third-order valence-corrected chi connectivity index (χ3v) is 3.71. The zero-order chi connectivity index (χ0) is 16.8. The summed E-state index contributed by atoms with van der Waals surface area (Å²) in [4.78, 5) is 37.9. The van der Waals surface area contributed by atoms with Gasteiger partial charge in [-0.1, -0.05) is 0 Å². The molecular formula is C18H13N3O3. The highest BCUT2D eigenvalue weighted by Crippen LogP contribution is 2.27. The van der Waals surface area contributed by atoms with Crippen LogP contribution in [0.15, 0.2) is 36.5 Å². The fourth-order valence-electron chi connectivity index (χ4n) is 2.71. The molecule has 3 aromatic rings. The van der Waals surface area contributed by atoms with E-state index in [9.17, 15) is 9.59 Å². The second-order valence-electron chi connectivity index (χ2n) is 5.80. The molecule has 6 nitrogen and oxygen atoms in total. The molecule has 1 aliphatic carbocycles. The molecular weight excluding hydrogens is 306 g/mol. The molecule has 24 heavy (non-hydrogen) atoms. The molecule has 1 aliphatic rings. The maximum absolute atomic E-state index is 12.6. The maximum Gasteiger partial charge on any atom is 0.232 e. The molecule has 0 saturated carbocycles. The van der Waals surface area contributed by atoms with Crippen LogP contribution in [0.5, 0.6) is 5.75 Å². The van der Waals surface area contributed by atoms with Gasteiger partial charge in [0.2, 0.25) is 11.6 Å². The Kier molecular flexibility index (Phi) is 3.13. The monoisotopic (exact) mass is 319 g/mol. The van der Waals surface area contributed by atoms with Crippen molar-refractivity contribution in [1.29, 1.82) is 0 Å². The Morgan fingerprint density at radius 1 is 0.917 bits per heavy atom. The maximum atomic E-state index is 12.6. The molecule has 0 unspecified atom stereocenters. The Hall–Kier alpha value is -3.15. The van der Waals surface area contributed by atoms with E-state index in [1.807, 2.05) is 13.8 Å². The van der Waals surface area contributed by atoms with Gasteiger partial charge in [-0.15, -0.1) is 0 Å². The van der Waals surface area contributed by atoms with Crippen LogP contribution < -0.4 is 4.74 Å². The fourth-order valence-corrected chi connectivity index (χ4v) is 2.71. The summed E-state index contributed by atoms with van der Waals surface area (Å²) in [6.45, 7) is 3.85. The molecule has 0 atom stereocenters. The van der Waals surface area contributed by atoms with Crippen molar-refractivity contribution < 1.29 is 14.3 Å². The average Bonchev–Trinajstić information content (AvgIpc) is 2.58. The van der Waals surface area contributed by atoms with Gasteiger partial charge < -0.3 is 4.74 Å². The number of hydrogen-bond donors (Lipinski definition) is 0. The Bertz CT molecular complexity index is 1010. The van der Waals surface area contributed by atoms with Crippen LogP contribution in [0.2, 0.25) is 0 Å². The predicted molar refractivity (Wildman–Crippen MR) is 86.4 cm³/mol. The summed E-state index contributed by atoms with van der Waals surface area (Å²) in [5.74, 6) is -0.0748. The van der Waals surface area contributed by atoms with Crippen LogP contribution in [0, 0.1) is 0 Å². The minimum absolute atomic E-state index is 0.0207. The highest BCUT2D eigenvalue weighted by molar-refractivity contribution is 6.26. The first-order valence-electron chi connectivity index (χ1n) is 7.57. The third-order valence-electron chi connectivity index (χ3n) is 3.71. The van der Waals surface area contributed by atoms with Crippen molar-refractivity contribution in [1.82, 2.24) is 15.0 Å². The molecule has 118 valence electrons. The zero-order valence-electron chi connectivity index (χ0n) is 13.1. The van der Waals surface area contributed by atoms with E-state index >= 15 is 0 Å². The molecule has 0 amide bonds. The SMILES string of the molecule is CC(C)Oc1ccc2nc3c(nc2c1)C(=O)c1ncccc1C3=O. The van der Waals surface area contributed by atoms with Gasteiger partial charge >= 0.3 is 0 Å². The van der Waals surface area contributed by atoms with Crippen LogP contribution in [-0.4, -0.2) is 32.6 Å². The molecule has 0 bridgehead atoms. The van der Waals surface area contributed by atoms with Crippen molar-refractivity contribution in [2.75, 3.05) is 0 Å². The van der Waals surface area contributed by atoms with Crippen molar-refractivity contribution in [2.45, 2.75) is 20.0 Å². The van der Waals surface area contributed by atoms with Gasteiger partial charge in [-0.05, 0) is 38.1 Å². The van der Waals surface area contributed by atoms with Crippen molar-refractivity contribution in [3.63, 3.8) is 0 Å². The molecule has 4 rings (SSSR count). The standard InChI is InChI=1S/C18H13N3O3/c1-9(2)24-10-5-6-12-13(8-10)21-16-15(20-12)17(22)11-4-3-7-19-14(11)18(16)23/h3-9H,1-2H3. The summed E-state index contributed by atoms with van der Waals surface area (Å²) in [6.07, 6.45) is 1.50. The summed E-state index contributed by atoms with van der Waals surface area (Å²) in [7, 11) is 0. The van der Waals surface area contributed by atoms with Crippen molar-refractivity contribution in [3.05, 3.63) is 59.2 Å². The van der Waals surface area contributed by atoms with Crippen molar-refractivity contribution in [2.24, 2.45) is 0 Å². The van der Waals surface area contributed by atoms with Gasteiger partial charge in [0.1, 0.15) is 22.8 Å². The summed E-state index contributed by atoms with van der Waals surface area (Å²) in [6, 6.07) is 8.43. The van der Waals surface area contributed by atoms with E-state index in [-0.39, 0.29) is 40.3 Å². The molecule has 0 saturated heterocycles. The average molecular weight is 319 g/mol. The summed E-state index contributed by atoms with van der Waals surface area (Å²) >= 11 is 0. The van der Waals surface area contributed by atoms with E-state index in [4.69, 9.17) is 4.74 Å². The number of hydrogen-bond acceptors (Lipinski definition) is 6. The number of ether oxygens (including phenoxy) is 1. The smallest absolute Gasteiger partial charge is 0.232 e. The second-order valence-corrected chi connectivity index (χ2v) is 5.80. The number of fused-ring (bicyclic) bond motifs is 3. The number of nitrogens with zero attached hydrogens (tertiary/aromatic N) is 3. The molecule has 0 radical (unpaired) electrons. The second kappa shape index (κ2) is 5.19. The first-order chi connectivity index (χ1) is 11.5. The molecule has 2 heterocycles. The van der Waals surface area contributed by atoms with Crippen LogP contribution in [0.4, 0.5) is 0 Å². The highest BCUT2D eigenvalue weighted by atomic mass is 16.5. The van der Waals surface area contributed by atoms with Crippen LogP contribution >= 0.6 is 0 Å². The molecule has 2 aromatic heterocycles. The number of carbonyl (C=O) groups excluding carboxylic acids is 2. The first-order valence-corrected chi connectivity index (χ1v) is 7.57. The van der Waals surface area contributed by atoms with Gasteiger partial charge in [0.05, 0.1) is 22.7 Å². The fraction of sp³-hybridized carbons (Fsp3) is 0.167. The van der Waals surface area contributed by atoms with Gasteiger partial charge in [0, 0.05) is 12.3 Å². The van der Waals surface area contributed by atoms with Crippen LogP contribution in [0.3, 0.4) is 0 Å². The van der Waals surface area contributed by atoms with Crippen molar-refractivity contribution in [3.8, 4) is 5.75 Å². The Labute approximate surface area is 137 Å². The zero-order valence-corrected chi connectivity index (χ0v) is 13.1. The molecule has 6 heteroatoms. The number of benzene rings is 1. The van der Waals surface area contributed by atoms with Gasteiger partial charge in [-0.3, -0.25) is 14.6 Å². The van der Waals surface area contributed by atoms with Crippen molar-refractivity contribution >= 4 is 22.6 Å². The topological polar surface area (TPSA) is 82.0 Å². The number of ketones is 2. The summed E-state index contributed by atoms with van der Waals surface area (Å²) in [5, 5.41) is 0. The lowest BCUT2D eigenvalue weighted by molar-refractivity contribution is 0.0968. The predicted octanol–water partition coefficient (Wildman–Crippen LogP) is 2.59. The molecule has 0 N–H and O–H groups in total. The Morgan fingerprint density at radius 3 is 2.46 bits per heavy atom. The Morgan fingerprint density at radius 2 is 1.67 bits per heavy atom. The van der Waals surface area contributed by atoms with Crippen LogP contribution in [0.1, 0.15) is 46.1 Å². The van der Waals surface area contributed by atoms with E-state index in [0.29, 0.717) is 16.8 Å². The van der Waals surface area contributed by atoms with Gasteiger partial charge in [-0.2, -0.15) is 0 Å². The molecule has 1 aromatic carbocycles. The Balaban J connectivity index is 1.91. The van der Waals surface area contributed by atoms with Gasteiger partial charge in [0.15, 0.2) is 0 Å². The van der Waals surface area contributed by atoms with Crippen LogP contribution in [0.25, 0.3) is 11.0 Å². The number of carbonyl (C=O) groups is 2. The van der Waals surface area contributed by atoms with E-state index in [1.54, 1.807) is 30.3 Å². The van der Waals surface area contributed by atoms with Gasteiger partial charge in [0.25, 0.3) is 0 Å². The lowest BCUT2D eigenvalue weighted by Gasteiger charge is -2.15. The highest BCUT2D eigenvalue weighted by Gasteiger charge is 2.33. The lowest BCUT2D eigenvalue weighted by atomic mass is 9.93. The lowest BCUT2D eigenvalue weighted by Crippen LogP contribution is -2.25. The third kappa shape index (κ3) is 2.15. The first kappa shape index (κ1) is 14.4. The summed E-state index contributed by atoms with van der Waals surface area (Å²) in [5.41, 5.74) is 1.55. The number of rotatable bonds is 2. The summed E-state index contributed by atoms with van der Waals surface area (Å²) < 4.78 is 5.64. The minimum Gasteiger partial charge on any atom is -0.491 e. The van der Waals surface area contributed by atoms with Crippen LogP contribution in [-0.2, 0) is 0 Å². The van der Waals surface area contributed by atoms with E-state index < -0.39 is 0 Å². The van der Waals surface area contributed by atoms with E-state index in [2.05, 4.69) is 15.0 Å². The number of aromatic nitrogens is 3. The number of pyridine rings is 1. The molecule has 0 spiro atoms. The largest absolute Gasteiger partial charge is 0.491 e. The van der Waals surface area contributed by atoms with E-state index in [1.165, 1.54) is 6.20 Å². The minimum atomic E-state index is -0.384.